The monoisotopic (exact) mass is 252 g/mol. The third-order valence-electron chi connectivity index (χ3n) is 2.53. The van der Waals surface area contributed by atoms with E-state index in [-0.39, 0.29) is 0 Å². The predicted molar refractivity (Wildman–Crippen MR) is 68.6 cm³/mol. The molecule has 0 heterocycles. The van der Waals surface area contributed by atoms with Gasteiger partial charge in [0, 0.05) is 5.75 Å². The van der Waals surface area contributed by atoms with Crippen LogP contribution in [0.3, 0.4) is 0 Å². The highest BCUT2D eigenvalue weighted by Gasteiger charge is 2.31. The molecule has 16 heavy (non-hydrogen) atoms. The molecule has 0 aromatic carbocycles. The molecule has 0 aliphatic rings. The van der Waals surface area contributed by atoms with Crippen molar-refractivity contribution in [3.05, 3.63) is 0 Å². The number of aliphatic hydroxyl groups is 3. The molecular formula is C11H26NO3S+. The summed E-state index contributed by atoms with van der Waals surface area (Å²) < 4.78 is 0.510. The fraction of sp³-hybridized carbons (Fsp3) is 1.00. The standard InChI is InChI=1S/C11H25NO3S/c1-9(13)6-12(4-5-16,7-10(2)14)8-11(3)15/h9-11,13-15H,4-8H2,1-3H3/p+1. The summed E-state index contributed by atoms with van der Waals surface area (Å²) in [5.74, 6) is 0.673. The fourth-order valence-electron chi connectivity index (χ4n) is 2.39. The van der Waals surface area contributed by atoms with Crippen LogP contribution in [0.15, 0.2) is 0 Å². The van der Waals surface area contributed by atoms with E-state index in [1.54, 1.807) is 20.8 Å². The highest BCUT2D eigenvalue weighted by molar-refractivity contribution is 7.80. The van der Waals surface area contributed by atoms with E-state index >= 15 is 0 Å². The van der Waals surface area contributed by atoms with Gasteiger partial charge in [-0.3, -0.25) is 0 Å². The lowest BCUT2D eigenvalue weighted by atomic mass is 10.2. The van der Waals surface area contributed by atoms with Crippen LogP contribution in [-0.2, 0) is 0 Å². The number of rotatable bonds is 8. The van der Waals surface area contributed by atoms with Crippen molar-refractivity contribution >= 4 is 12.6 Å². The van der Waals surface area contributed by atoms with Gasteiger partial charge in [-0.25, -0.2) is 0 Å². The first kappa shape index (κ1) is 16.2. The molecule has 0 saturated heterocycles. The molecule has 0 rings (SSSR count). The van der Waals surface area contributed by atoms with Gasteiger partial charge in [0.05, 0.1) is 6.54 Å². The maximum atomic E-state index is 9.54. The molecular weight excluding hydrogens is 226 g/mol. The smallest absolute Gasteiger partial charge is 0.105 e. The summed E-state index contributed by atoms with van der Waals surface area (Å²) in [7, 11) is 0. The van der Waals surface area contributed by atoms with Crippen LogP contribution >= 0.6 is 12.6 Å². The van der Waals surface area contributed by atoms with Crippen LogP contribution in [0.5, 0.6) is 0 Å². The number of nitrogens with zero attached hydrogens (tertiary/aromatic N) is 1. The van der Waals surface area contributed by atoms with Crippen LogP contribution in [0.1, 0.15) is 20.8 Å². The van der Waals surface area contributed by atoms with Crippen molar-refractivity contribution in [1.29, 1.82) is 0 Å². The van der Waals surface area contributed by atoms with Crippen molar-refractivity contribution < 1.29 is 19.8 Å². The van der Waals surface area contributed by atoms with Crippen LogP contribution in [-0.4, -0.2) is 70.0 Å². The number of hydrogen-bond donors (Lipinski definition) is 4. The van der Waals surface area contributed by atoms with Gasteiger partial charge in [-0.05, 0) is 20.8 Å². The Morgan fingerprint density at radius 2 is 1.19 bits per heavy atom. The van der Waals surface area contributed by atoms with Gasteiger partial charge in [-0.2, -0.15) is 12.6 Å². The molecule has 0 radical (unpaired) electrons. The summed E-state index contributed by atoms with van der Waals surface area (Å²) in [5.41, 5.74) is 0. The maximum absolute atomic E-state index is 9.54. The summed E-state index contributed by atoms with van der Waals surface area (Å²) in [6.45, 7) is 7.55. The SMILES string of the molecule is CC(O)C[N+](CCS)(CC(C)O)CC(C)O. The third kappa shape index (κ3) is 6.70. The van der Waals surface area contributed by atoms with Gasteiger partial charge in [-0.15, -0.1) is 0 Å². The largest absolute Gasteiger partial charge is 0.388 e. The quantitative estimate of drug-likeness (QED) is 0.360. The molecule has 3 atom stereocenters. The summed E-state index contributed by atoms with van der Waals surface area (Å²) in [6, 6.07) is 0. The first-order valence-electron chi connectivity index (χ1n) is 5.81. The molecule has 0 aromatic heterocycles. The van der Waals surface area contributed by atoms with E-state index in [0.29, 0.717) is 29.9 Å². The van der Waals surface area contributed by atoms with Gasteiger partial charge < -0.3 is 19.8 Å². The highest BCUT2D eigenvalue weighted by atomic mass is 32.1. The summed E-state index contributed by atoms with van der Waals surface area (Å²) >= 11 is 4.22. The molecule has 0 saturated carbocycles. The van der Waals surface area contributed by atoms with Crippen molar-refractivity contribution in [1.82, 2.24) is 0 Å². The van der Waals surface area contributed by atoms with Crippen molar-refractivity contribution in [3.63, 3.8) is 0 Å². The Labute approximate surface area is 104 Å². The number of thiol groups is 1. The van der Waals surface area contributed by atoms with E-state index in [0.717, 1.165) is 6.54 Å². The van der Waals surface area contributed by atoms with Gasteiger partial charge >= 0.3 is 0 Å². The minimum absolute atomic E-state index is 0.447. The lowest BCUT2D eigenvalue weighted by Crippen LogP contribution is -2.58. The van der Waals surface area contributed by atoms with Crippen LogP contribution < -0.4 is 0 Å². The van der Waals surface area contributed by atoms with Crippen molar-refractivity contribution in [2.24, 2.45) is 0 Å². The van der Waals surface area contributed by atoms with Crippen molar-refractivity contribution in [2.75, 3.05) is 31.9 Å². The van der Waals surface area contributed by atoms with Crippen LogP contribution in [0.25, 0.3) is 0 Å². The van der Waals surface area contributed by atoms with Gasteiger partial charge in [0.1, 0.15) is 37.9 Å². The van der Waals surface area contributed by atoms with Gasteiger partial charge in [0.15, 0.2) is 0 Å². The lowest BCUT2D eigenvalue weighted by Gasteiger charge is -2.41. The molecule has 98 valence electrons. The van der Waals surface area contributed by atoms with E-state index < -0.39 is 18.3 Å². The Balaban J connectivity index is 4.72. The fourth-order valence-corrected chi connectivity index (χ4v) is 2.82. The van der Waals surface area contributed by atoms with E-state index in [1.807, 2.05) is 0 Å². The zero-order chi connectivity index (χ0) is 12.8. The van der Waals surface area contributed by atoms with E-state index in [2.05, 4.69) is 12.6 Å². The molecule has 4 nitrogen and oxygen atoms in total. The minimum atomic E-state index is -0.447. The van der Waals surface area contributed by atoms with Crippen LogP contribution in [0.4, 0.5) is 0 Å². The average molecular weight is 252 g/mol. The molecule has 0 spiro atoms. The normalized spacial score (nSPS) is 21.2. The number of aliphatic hydroxyl groups excluding tert-OH is 3. The summed E-state index contributed by atoms with van der Waals surface area (Å²) in [4.78, 5) is 0. The first-order valence-corrected chi connectivity index (χ1v) is 6.44. The second kappa shape index (κ2) is 7.50. The topological polar surface area (TPSA) is 60.7 Å². The average Bonchev–Trinajstić information content (AvgIpc) is 1.98. The van der Waals surface area contributed by atoms with E-state index in [4.69, 9.17) is 0 Å². The molecule has 3 unspecified atom stereocenters. The second-order valence-electron chi connectivity index (χ2n) is 4.88. The van der Waals surface area contributed by atoms with Gasteiger partial charge in [0.25, 0.3) is 0 Å². The second-order valence-corrected chi connectivity index (χ2v) is 5.33. The molecule has 5 heteroatoms. The van der Waals surface area contributed by atoms with Crippen LogP contribution in [0.2, 0.25) is 0 Å². The first-order chi connectivity index (χ1) is 7.31. The van der Waals surface area contributed by atoms with Crippen LogP contribution in [0, 0.1) is 0 Å². The van der Waals surface area contributed by atoms with Gasteiger partial charge in [0.2, 0.25) is 0 Å². The van der Waals surface area contributed by atoms with Gasteiger partial charge in [-0.1, -0.05) is 0 Å². The van der Waals surface area contributed by atoms with E-state index in [9.17, 15) is 15.3 Å². The molecule has 0 aliphatic carbocycles. The Morgan fingerprint density at radius 1 is 0.875 bits per heavy atom. The van der Waals surface area contributed by atoms with E-state index in [1.165, 1.54) is 0 Å². The Kier molecular flexibility index (Phi) is 7.59. The Bertz CT molecular complexity index is 160. The number of hydrogen-bond acceptors (Lipinski definition) is 4. The molecule has 3 N–H and O–H groups in total. The third-order valence-corrected chi connectivity index (χ3v) is 2.73. The molecule has 0 aliphatic heterocycles. The van der Waals surface area contributed by atoms with Crippen molar-refractivity contribution in [2.45, 2.75) is 39.1 Å². The lowest BCUT2D eigenvalue weighted by molar-refractivity contribution is -0.933. The van der Waals surface area contributed by atoms with Crippen molar-refractivity contribution in [3.8, 4) is 0 Å². The predicted octanol–water partition coefficient (Wildman–Crippen LogP) is -0.125. The number of quaternary nitrogens is 1. The molecule has 0 amide bonds. The molecule has 0 aromatic rings. The zero-order valence-electron chi connectivity index (χ0n) is 10.5. The molecule has 0 bridgehead atoms. The Hall–Kier alpha value is 0.190. The molecule has 0 fully saturated rings. The minimum Gasteiger partial charge on any atom is -0.388 e. The summed E-state index contributed by atoms with van der Waals surface area (Å²) in [5, 5.41) is 28.6. The Morgan fingerprint density at radius 3 is 1.38 bits per heavy atom. The zero-order valence-corrected chi connectivity index (χ0v) is 11.4. The summed E-state index contributed by atoms with van der Waals surface area (Å²) in [6.07, 6.45) is -1.34. The highest BCUT2D eigenvalue weighted by Crippen LogP contribution is 2.12. The maximum Gasteiger partial charge on any atom is 0.105 e.